The van der Waals surface area contributed by atoms with Crippen LogP contribution in [0.4, 0.5) is 0 Å². The molecule has 3 N–H and O–H groups in total. The molecule has 18 heavy (non-hydrogen) atoms. The zero-order valence-corrected chi connectivity index (χ0v) is 9.98. The summed E-state index contributed by atoms with van der Waals surface area (Å²) in [5, 5.41) is 28.5. The summed E-state index contributed by atoms with van der Waals surface area (Å²) in [6.07, 6.45) is -3.48. The van der Waals surface area contributed by atoms with E-state index in [1.54, 1.807) is 0 Å². The van der Waals surface area contributed by atoms with Crippen molar-refractivity contribution in [2.75, 3.05) is 13.2 Å². The number of aliphatic hydroxyl groups is 3. The van der Waals surface area contributed by atoms with Crippen molar-refractivity contribution in [3.63, 3.8) is 0 Å². The SMILES string of the molecule is OC[C@@H]1OC[C@H](OCc2ccccc2)[C@@H](O)[C@H]1O. The summed E-state index contributed by atoms with van der Waals surface area (Å²) in [4.78, 5) is 0. The van der Waals surface area contributed by atoms with Crippen LogP contribution in [0.15, 0.2) is 30.3 Å². The van der Waals surface area contributed by atoms with Gasteiger partial charge in [0.05, 0.1) is 19.8 Å². The summed E-state index contributed by atoms with van der Waals surface area (Å²) in [5.74, 6) is 0. The van der Waals surface area contributed by atoms with Crippen LogP contribution in [0, 0.1) is 0 Å². The molecule has 1 fully saturated rings. The van der Waals surface area contributed by atoms with Crippen molar-refractivity contribution in [1.29, 1.82) is 0 Å². The number of ether oxygens (including phenoxy) is 2. The first-order valence-corrected chi connectivity index (χ1v) is 5.96. The molecule has 5 heteroatoms. The summed E-state index contributed by atoms with van der Waals surface area (Å²) < 4.78 is 10.8. The molecule has 1 aromatic rings. The second-order valence-corrected chi connectivity index (χ2v) is 4.37. The number of hydrogen-bond donors (Lipinski definition) is 3. The molecule has 0 unspecified atom stereocenters. The van der Waals surface area contributed by atoms with E-state index in [9.17, 15) is 10.2 Å². The van der Waals surface area contributed by atoms with Crippen LogP contribution in [0.5, 0.6) is 0 Å². The Morgan fingerprint density at radius 2 is 1.89 bits per heavy atom. The predicted octanol–water partition coefficient (Wildman–Crippen LogP) is -0.315. The first-order valence-electron chi connectivity index (χ1n) is 5.96. The standard InChI is InChI=1S/C13H18O5/c14-6-10-12(15)13(16)11(8-18-10)17-7-9-4-2-1-3-5-9/h1-5,10-16H,6-8H2/t10-,11-,12-,13+/m0/s1. The van der Waals surface area contributed by atoms with Crippen LogP contribution in [0.3, 0.4) is 0 Å². The van der Waals surface area contributed by atoms with Crippen molar-refractivity contribution in [2.45, 2.75) is 31.0 Å². The molecule has 100 valence electrons. The van der Waals surface area contributed by atoms with E-state index >= 15 is 0 Å². The number of hydrogen-bond acceptors (Lipinski definition) is 5. The Morgan fingerprint density at radius 3 is 2.56 bits per heavy atom. The molecule has 1 aromatic carbocycles. The zero-order chi connectivity index (χ0) is 13.0. The highest BCUT2D eigenvalue weighted by Gasteiger charge is 2.38. The lowest BCUT2D eigenvalue weighted by Crippen LogP contribution is -2.54. The van der Waals surface area contributed by atoms with Crippen molar-refractivity contribution in [1.82, 2.24) is 0 Å². The second-order valence-electron chi connectivity index (χ2n) is 4.37. The lowest BCUT2D eigenvalue weighted by atomic mass is 10.0. The Bertz CT molecular complexity index is 356. The monoisotopic (exact) mass is 254 g/mol. The van der Waals surface area contributed by atoms with Crippen molar-refractivity contribution < 1.29 is 24.8 Å². The Morgan fingerprint density at radius 1 is 1.17 bits per heavy atom. The van der Waals surface area contributed by atoms with E-state index < -0.39 is 24.4 Å². The molecule has 4 atom stereocenters. The molecule has 1 aliphatic rings. The van der Waals surface area contributed by atoms with Gasteiger partial charge < -0.3 is 24.8 Å². The van der Waals surface area contributed by atoms with E-state index in [-0.39, 0.29) is 13.2 Å². The fourth-order valence-electron chi connectivity index (χ4n) is 1.94. The van der Waals surface area contributed by atoms with E-state index in [0.717, 1.165) is 5.56 Å². The van der Waals surface area contributed by atoms with Crippen LogP contribution in [0.25, 0.3) is 0 Å². The molecule has 0 bridgehead atoms. The third-order valence-electron chi connectivity index (χ3n) is 3.07. The Hall–Kier alpha value is -0.980. The number of rotatable bonds is 4. The second kappa shape index (κ2) is 6.26. The third-order valence-corrected chi connectivity index (χ3v) is 3.07. The maximum Gasteiger partial charge on any atom is 0.111 e. The van der Waals surface area contributed by atoms with Gasteiger partial charge in [0.2, 0.25) is 0 Å². The van der Waals surface area contributed by atoms with Gasteiger partial charge in [-0.2, -0.15) is 0 Å². The first kappa shape index (κ1) is 13.5. The van der Waals surface area contributed by atoms with Gasteiger partial charge in [-0.1, -0.05) is 30.3 Å². The summed E-state index contributed by atoms with van der Waals surface area (Å²) in [5.41, 5.74) is 0.989. The molecule has 0 aromatic heterocycles. The van der Waals surface area contributed by atoms with E-state index in [1.165, 1.54) is 0 Å². The predicted molar refractivity (Wildman–Crippen MR) is 63.9 cm³/mol. The molecule has 0 saturated carbocycles. The van der Waals surface area contributed by atoms with E-state index in [1.807, 2.05) is 30.3 Å². The maximum atomic E-state index is 9.85. The minimum absolute atomic E-state index is 0.163. The van der Waals surface area contributed by atoms with Crippen LogP contribution in [-0.4, -0.2) is 52.9 Å². The topological polar surface area (TPSA) is 79.2 Å². The Balaban J connectivity index is 1.87. The number of benzene rings is 1. The quantitative estimate of drug-likeness (QED) is 0.686. The average molecular weight is 254 g/mol. The highest BCUT2D eigenvalue weighted by Crippen LogP contribution is 2.18. The van der Waals surface area contributed by atoms with E-state index in [4.69, 9.17) is 14.6 Å². The van der Waals surface area contributed by atoms with Crippen molar-refractivity contribution in [2.24, 2.45) is 0 Å². The first-order chi connectivity index (χ1) is 8.72. The van der Waals surface area contributed by atoms with Gasteiger partial charge in [0, 0.05) is 0 Å². The highest BCUT2D eigenvalue weighted by atomic mass is 16.6. The average Bonchev–Trinajstić information content (AvgIpc) is 2.42. The van der Waals surface area contributed by atoms with Crippen LogP contribution in [-0.2, 0) is 16.1 Å². The van der Waals surface area contributed by atoms with Gasteiger partial charge in [0.1, 0.15) is 24.4 Å². The zero-order valence-electron chi connectivity index (χ0n) is 9.98. The fourth-order valence-corrected chi connectivity index (χ4v) is 1.94. The van der Waals surface area contributed by atoms with Crippen molar-refractivity contribution >= 4 is 0 Å². The summed E-state index contributed by atoms with van der Waals surface area (Å²) in [6.45, 7) is 0.197. The Kier molecular flexibility index (Phi) is 4.68. The summed E-state index contributed by atoms with van der Waals surface area (Å²) in [6, 6.07) is 9.57. The molecule has 0 amide bonds. The highest BCUT2D eigenvalue weighted by molar-refractivity contribution is 5.13. The van der Waals surface area contributed by atoms with Crippen LogP contribution >= 0.6 is 0 Å². The Labute approximate surface area is 106 Å². The third kappa shape index (κ3) is 3.07. The lowest BCUT2D eigenvalue weighted by Gasteiger charge is -2.36. The fraction of sp³-hybridized carbons (Fsp3) is 0.538. The van der Waals surface area contributed by atoms with Crippen LogP contribution in [0.1, 0.15) is 5.56 Å². The molecule has 1 saturated heterocycles. The minimum Gasteiger partial charge on any atom is -0.394 e. The molecule has 5 nitrogen and oxygen atoms in total. The molecule has 0 radical (unpaired) electrons. The molecule has 1 aliphatic heterocycles. The smallest absolute Gasteiger partial charge is 0.111 e. The van der Waals surface area contributed by atoms with Gasteiger partial charge in [-0.15, -0.1) is 0 Å². The van der Waals surface area contributed by atoms with E-state index in [2.05, 4.69) is 0 Å². The van der Waals surface area contributed by atoms with Gasteiger partial charge >= 0.3 is 0 Å². The van der Waals surface area contributed by atoms with Crippen LogP contribution in [0.2, 0.25) is 0 Å². The molecular formula is C13H18O5. The summed E-state index contributed by atoms with van der Waals surface area (Å²) in [7, 11) is 0. The molecular weight excluding hydrogens is 236 g/mol. The van der Waals surface area contributed by atoms with Crippen molar-refractivity contribution in [3.8, 4) is 0 Å². The van der Waals surface area contributed by atoms with Gasteiger partial charge in [-0.3, -0.25) is 0 Å². The molecule has 0 spiro atoms. The van der Waals surface area contributed by atoms with Gasteiger partial charge in [-0.05, 0) is 5.56 Å². The van der Waals surface area contributed by atoms with Gasteiger partial charge in [0.25, 0.3) is 0 Å². The summed E-state index contributed by atoms with van der Waals surface area (Å²) >= 11 is 0. The largest absolute Gasteiger partial charge is 0.394 e. The molecule has 2 rings (SSSR count). The molecule has 1 heterocycles. The minimum atomic E-state index is -1.12. The van der Waals surface area contributed by atoms with E-state index in [0.29, 0.717) is 6.61 Å². The van der Waals surface area contributed by atoms with Crippen LogP contribution < -0.4 is 0 Å². The van der Waals surface area contributed by atoms with Crippen molar-refractivity contribution in [3.05, 3.63) is 35.9 Å². The normalized spacial score (nSPS) is 32.4. The lowest BCUT2D eigenvalue weighted by molar-refractivity contribution is -0.211. The van der Waals surface area contributed by atoms with Gasteiger partial charge in [0.15, 0.2) is 0 Å². The number of aliphatic hydroxyl groups excluding tert-OH is 3. The maximum absolute atomic E-state index is 9.85. The molecule has 0 aliphatic carbocycles. The van der Waals surface area contributed by atoms with Gasteiger partial charge in [-0.25, -0.2) is 0 Å².